The molecule has 0 saturated carbocycles. The molecule has 6 heteroatoms. The van der Waals surface area contributed by atoms with Crippen molar-refractivity contribution < 1.29 is 14.3 Å². The van der Waals surface area contributed by atoms with Crippen LogP contribution in [0.3, 0.4) is 0 Å². The van der Waals surface area contributed by atoms with Crippen molar-refractivity contribution >= 4 is 11.3 Å². The van der Waals surface area contributed by atoms with E-state index in [0.29, 0.717) is 19.6 Å². The van der Waals surface area contributed by atoms with Crippen molar-refractivity contribution in [2.45, 2.75) is 25.4 Å². The Morgan fingerprint density at radius 1 is 1.55 bits per heavy atom. The van der Waals surface area contributed by atoms with E-state index in [0.717, 1.165) is 16.3 Å². The Morgan fingerprint density at radius 2 is 2.40 bits per heavy atom. The molecule has 20 heavy (non-hydrogen) atoms. The highest BCUT2D eigenvalue weighted by atomic mass is 32.1. The lowest BCUT2D eigenvalue weighted by Crippen LogP contribution is -2.46. The molecule has 2 aromatic rings. The van der Waals surface area contributed by atoms with E-state index >= 15 is 0 Å². The van der Waals surface area contributed by atoms with Gasteiger partial charge in [0.15, 0.2) is 0 Å². The fourth-order valence-corrected chi connectivity index (χ4v) is 2.79. The fourth-order valence-electron chi connectivity index (χ4n) is 1.99. The van der Waals surface area contributed by atoms with Gasteiger partial charge in [0.25, 0.3) is 0 Å². The monoisotopic (exact) mass is 296 g/mol. The van der Waals surface area contributed by atoms with Crippen molar-refractivity contribution in [3.05, 3.63) is 29.7 Å². The van der Waals surface area contributed by atoms with Crippen LogP contribution in [0.1, 0.15) is 19.0 Å². The Hall–Kier alpha value is -1.21. The predicted molar refractivity (Wildman–Crippen MR) is 78.6 cm³/mol. The lowest BCUT2D eigenvalue weighted by atomic mass is 9.99. The average Bonchev–Trinajstić information content (AvgIpc) is 3.08. The summed E-state index contributed by atoms with van der Waals surface area (Å²) in [7, 11) is 1.66. The molecule has 0 radical (unpaired) electrons. The van der Waals surface area contributed by atoms with E-state index in [9.17, 15) is 0 Å². The molecule has 2 N–H and O–H groups in total. The van der Waals surface area contributed by atoms with Crippen molar-refractivity contribution in [3.63, 3.8) is 0 Å². The highest BCUT2D eigenvalue weighted by Crippen LogP contribution is 2.24. The quantitative estimate of drug-likeness (QED) is 0.782. The summed E-state index contributed by atoms with van der Waals surface area (Å²) in [5.41, 5.74) is 1.73. The Labute approximate surface area is 122 Å². The van der Waals surface area contributed by atoms with E-state index in [1.807, 2.05) is 18.4 Å². The van der Waals surface area contributed by atoms with Crippen LogP contribution < -0.4 is 5.32 Å². The zero-order chi connectivity index (χ0) is 14.4. The normalized spacial score (nSPS) is 14.3. The number of rotatable bonds is 8. The second kappa shape index (κ2) is 6.99. The maximum absolute atomic E-state index is 9.14. The summed E-state index contributed by atoms with van der Waals surface area (Å²) in [5.74, 6) is 0. The molecular formula is C14H20N2O3S. The third kappa shape index (κ3) is 3.89. The summed E-state index contributed by atoms with van der Waals surface area (Å²) in [6, 6.07) is 1.90. The van der Waals surface area contributed by atoms with Crippen LogP contribution in [-0.4, -0.2) is 36.0 Å². The second-order valence-electron chi connectivity index (χ2n) is 4.98. The van der Waals surface area contributed by atoms with Crippen molar-refractivity contribution in [2.24, 2.45) is 0 Å². The molecule has 0 fully saturated rings. The first-order chi connectivity index (χ1) is 9.67. The Kier molecular flexibility index (Phi) is 5.31. The SMILES string of the molecule is COCC(C)(CCO)NCc1csc(-c2ccoc2)n1. The zero-order valence-corrected chi connectivity index (χ0v) is 12.6. The lowest BCUT2D eigenvalue weighted by Gasteiger charge is -2.29. The van der Waals surface area contributed by atoms with Crippen LogP contribution in [0.4, 0.5) is 0 Å². The third-order valence-electron chi connectivity index (χ3n) is 3.14. The number of nitrogens with one attached hydrogen (secondary N) is 1. The first-order valence-corrected chi connectivity index (χ1v) is 7.36. The largest absolute Gasteiger partial charge is 0.472 e. The third-order valence-corrected chi connectivity index (χ3v) is 4.08. The Bertz CT molecular complexity index is 504. The number of nitrogens with zero attached hydrogens (tertiary/aromatic N) is 1. The molecule has 2 heterocycles. The summed E-state index contributed by atoms with van der Waals surface area (Å²) in [6.07, 6.45) is 3.97. The minimum atomic E-state index is -0.247. The molecule has 0 aromatic carbocycles. The van der Waals surface area contributed by atoms with Crippen LogP contribution >= 0.6 is 11.3 Å². The molecule has 0 amide bonds. The molecule has 2 rings (SSSR count). The van der Waals surface area contributed by atoms with Gasteiger partial charge in [-0.25, -0.2) is 4.98 Å². The van der Waals surface area contributed by atoms with E-state index in [1.165, 1.54) is 0 Å². The highest BCUT2D eigenvalue weighted by molar-refractivity contribution is 7.13. The minimum absolute atomic E-state index is 0.129. The van der Waals surface area contributed by atoms with Crippen LogP contribution in [0.5, 0.6) is 0 Å². The molecule has 0 saturated heterocycles. The average molecular weight is 296 g/mol. The van der Waals surface area contributed by atoms with E-state index in [-0.39, 0.29) is 12.1 Å². The number of thiazole rings is 1. The van der Waals surface area contributed by atoms with Gasteiger partial charge in [-0.2, -0.15) is 0 Å². The van der Waals surface area contributed by atoms with Gasteiger partial charge in [0.05, 0.1) is 18.6 Å². The molecule has 0 bridgehead atoms. The smallest absolute Gasteiger partial charge is 0.126 e. The van der Waals surface area contributed by atoms with Crippen LogP contribution in [0.2, 0.25) is 0 Å². The van der Waals surface area contributed by atoms with Gasteiger partial charge in [-0.05, 0) is 19.4 Å². The molecule has 1 unspecified atom stereocenters. The van der Waals surface area contributed by atoms with Crippen LogP contribution in [0, 0.1) is 0 Å². The van der Waals surface area contributed by atoms with E-state index in [4.69, 9.17) is 14.3 Å². The van der Waals surface area contributed by atoms with Gasteiger partial charge < -0.3 is 19.6 Å². The number of aliphatic hydroxyl groups excluding tert-OH is 1. The molecule has 0 aliphatic heterocycles. The summed E-state index contributed by atoms with van der Waals surface area (Å²) in [4.78, 5) is 4.57. The number of hydrogen-bond acceptors (Lipinski definition) is 6. The Balaban J connectivity index is 1.96. The van der Waals surface area contributed by atoms with Crippen molar-refractivity contribution in [1.29, 1.82) is 0 Å². The maximum atomic E-state index is 9.14. The van der Waals surface area contributed by atoms with Gasteiger partial charge in [0.2, 0.25) is 0 Å². The van der Waals surface area contributed by atoms with E-state index in [2.05, 4.69) is 10.3 Å². The van der Waals surface area contributed by atoms with Crippen molar-refractivity contribution in [2.75, 3.05) is 20.3 Å². The van der Waals surface area contributed by atoms with Gasteiger partial charge in [0.1, 0.15) is 11.3 Å². The molecule has 0 aliphatic rings. The Morgan fingerprint density at radius 3 is 3.05 bits per heavy atom. The van der Waals surface area contributed by atoms with Gasteiger partial charge in [-0.3, -0.25) is 0 Å². The predicted octanol–water partition coefficient (Wildman–Crippen LogP) is 2.28. The summed E-state index contributed by atoms with van der Waals surface area (Å²) < 4.78 is 10.3. The number of aliphatic hydroxyl groups is 1. The van der Waals surface area contributed by atoms with Gasteiger partial charge in [-0.15, -0.1) is 11.3 Å². The first kappa shape index (κ1) is 15.2. The summed E-state index contributed by atoms with van der Waals surface area (Å²) in [5, 5.41) is 15.5. The van der Waals surface area contributed by atoms with E-state index in [1.54, 1.807) is 31.0 Å². The van der Waals surface area contributed by atoms with Crippen LogP contribution in [0.15, 0.2) is 28.4 Å². The first-order valence-electron chi connectivity index (χ1n) is 6.49. The summed E-state index contributed by atoms with van der Waals surface area (Å²) >= 11 is 1.59. The van der Waals surface area contributed by atoms with Crippen LogP contribution in [0.25, 0.3) is 10.6 Å². The number of hydrogen-bond donors (Lipinski definition) is 2. The molecule has 0 spiro atoms. The molecule has 1 atom stereocenters. The topological polar surface area (TPSA) is 67.5 Å². The number of methoxy groups -OCH3 is 1. The molecule has 5 nitrogen and oxygen atoms in total. The molecule has 0 aliphatic carbocycles. The fraction of sp³-hybridized carbons (Fsp3) is 0.500. The van der Waals surface area contributed by atoms with Crippen molar-refractivity contribution in [1.82, 2.24) is 10.3 Å². The standard InChI is InChI=1S/C14H20N2O3S/c1-14(4-5-17,10-18-2)15-7-12-9-20-13(16-12)11-3-6-19-8-11/h3,6,8-9,15,17H,4-5,7,10H2,1-2H3. The zero-order valence-electron chi connectivity index (χ0n) is 11.8. The lowest BCUT2D eigenvalue weighted by molar-refractivity contribution is 0.0968. The van der Waals surface area contributed by atoms with Gasteiger partial charge >= 0.3 is 0 Å². The molecular weight excluding hydrogens is 276 g/mol. The van der Waals surface area contributed by atoms with Gasteiger partial charge in [0, 0.05) is 36.7 Å². The minimum Gasteiger partial charge on any atom is -0.472 e. The van der Waals surface area contributed by atoms with Crippen LogP contribution in [-0.2, 0) is 11.3 Å². The second-order valence-corrected chi connectivity index (χ2v) is 5.83. The molecule has 110 valence electrons. The maximum Gasteiger partial charge on any atom is 0.126 e. The van der Waals surface area contributed by atoms with Gasteiger partial charge in [-0.1, -0.05) is 0 Å². The highest BCUT2D eigenvalue weighted by Gasteiger charge is 2.23. The number of ether oxygens (including phenoxy) is 1. The summed E-state index contributed by atoms with van der Waals surface area (Å²) in [6.45, 7) is 3.36. The van der Waals surface area contributed by atoms with Crippen molar-refractivity contribution in [3.8, 4) is 10.6 Å². The van der Waals surface area contributed by atoms with E-state index < -0.39 is 0 Å². The number of aromatic nitrogens is 1. The number of furan rings is 1. The molecule has 2 aromatic heterocycles.